The molecule has 0 radical (unpaired) electrons. The first-order valence-electron chi connectivity index (χ1n) is 10.9. The largest absolute Gasteiger partial charge is 0.345 e. The fourth-order valence-electron chi connectivity index (χ4n) is 3.55. The average molecular weight is 450 g/mol. The van der Waals surface area contributed by atoms with Crippen LogP contribution in [0.1, 0.15) is 60.4 Å². The van der Waals surface area contributed by atoms with Gasteiger partial charge in [0.1, 0.15) is 5.82 Å². The van der Waals surface area contributed by atoms with Gasteiger partial charge in [0.15, 0.2) is 5.16 Å². The molecule has 8 heteroatoms. The number of anilines is 1. The van der Waals surface area contributed by atoms with Crippen molar-refractivity contribution in [1.82, 2.24) is 20.1 Å². The van der Waals surface area contributed by atoms with E-state index in [0.717, 1.165) is 35.9 Å². The van der Waals surface area contributed by atoms with E-state index < -0.39 is 0 Å². The van der Waals surface area contributed by atoms with Crippen LogP contribution < -0.4 is 10.6 Å². The predicted molar refractivity (Wildman–Crippen MR) is 126 cm³/mol. The first-order chi connectivity index (χ1) is 15.6. The van der Waals surface area contributed by atoms with Crippen LogP contribution in [0.15, 0.2) is 59.8 Å². The van der Waals surface area contributed by atoms with Crippen molar-refractivity contribution in [2.45, 2.75) is 50.4 Å². The van der Waals surface area contributed by atoms with Crippen LogP contribution in [-0.2, 0) is 11.3 Å². The summed E-state index contributed by atoms with van der Waals surface area (Å²) in [7, 11) is 0. The summed E-state index contributed by atoms with van der Waals surface area (Å²) in [5.74, 6) is 1.30. The quantitative estimate of drug-likeness (QED) is 0.473. The molecule has 0 saturated heterocycles. The molecule has 1 fully saturated rings. The first kappa shape index (κ1) is 22.1. The molecule has 1 saturated carbocycles. The molecule has 2 N–H and O–H groups in total. The highest BCUT2D eigenvalue weighted by Gasteiger charge is 2.30. The maximum atomic E-state index is 12.9. The number of carbonyl (C=O) groups excluding carboxylic acids is 2. The zero-order valence-corrected chi connectivity index (χ0v) is 19.1. The lowest BCUT2D eigenvalue weighted by Gasteiger charge is -2.16. The molecule has 166 valence electrons. The van der Waals surface area contributed by atoms with Gasteiger partial charge < -0.3 is 15.2 Å². The monoisotopic (exact) mass is 449 g/mol. The number of hydrogen-bond acceptors (Lipinski definition) is 5. The minimum Gasteiger partial charge on any atom is -0.345 e. The van der Waals surface area contributed by atoms with Crippen LogP contribution in [0.5, 0.6) is 0 Å². The summed E-state index contributed by atoms with van der Waals surface area (Å²) < 4.78 is 2.09. The van der Waals surface area contributed by atoms with E-state index in [4.69, 9.17) is 0 Å². The molecule has 1 aliphatic rings. The van der Waals surface area contributed by atoms with Crippen LogP contribution in [-0.4, -0.2) is 32.3 Å². The molecule has 0 bridgehead atoms. The van der Waals surface area contributed by atoms with Crippen LogP contribution in [0, 0.1) is 0 Å². The van der Waals surface area contributed by atoms with Crippen molar-refractivity contribution in [1.29, 1.82) is 0 Å². The Morgan fingerprint density at radius 3 is 2.53 bits per heavy atom. The maximum Gasteiger partial charge on any atom is 0.253 e. The minimum atomic E-state index is -0.232. The minimum absolute atomic E-state index is 0.149. The molecule has 2 amide bonds. The summed E-state index contributed by atoms with van der Waals surface area (Å²) in [5.41, 5.74) is 1.94. The number of aromatic nitrogens is 3. The SMILES string of the molecule is CCn1c(SCC(=O)Nc2ccccc2C(=O)NC(C)c2ccccc2)nnc1C1CC1. The standard InChI is InChI=1S/C24H27N5O2S/c1-3-29-22(18-13-14-18)27-28-24(29)32-15-21(30)26-20-12-8-7-11-19(20)23(31)25-16(2)17-9-5-4-6-10-17/h4-12,16,18H,3,13-15H2,1-2H3,(H,25,31)(H,26,30). The van der Waals surface area contributed by atoms with Gasteiger partial charge in [-0.15, -0.1) is 10.2 Å². The zero-order valence-electron chi connectivity index (χ0n) is 18.2. The summed E-state index contributed by atoms with van der Waals surface area (Å²) in [4.78, 5) is 25.5. The number of para-hydroxylation sites is 1. The number of nitrogens with zero attached hydrogens (tertiary/aromatic N) is 3. The third-order valence-corrected chi connectivity index (χ3v) is 6.40. The number of nitrogens with one attached hydrogen (secondary N) is 2. The third-order valence-electron chi connectivity index (χ3n) is 5.43. The summed E-state index contributed by atoms with van der Waals surface area (Å²) in [6.07, 6.45) is 2.32. The molecule has 1 aliphatic carbocycles. The van der Waals surface area contributed by atoms with E-state index in [9.17, 15) is 9.59 Å². The molecular weight excluding hydrogens is 422 g/mol. The molecule has 4 rings (SSSR count). The van der Waals surface area contributed by atoms with Gasteiger partial charge in [-0.3, -0.25) is 9.59 Å². The third kappa shape index (κ3) is 5.19. The Kier molecular flexibility index (Phi) is 6.90. The fraction of sp³-hybridized carbons (Fsp3) is 0.333. The summed E-state index contributed by atoms with van der Waals surface area (Å²) in [6, 6.07) is 16.7. The van der Waals surface area contributed by atoms with E-state index in [1.165, 1.54) is 11.8 Å². The van der Waals surface area contributed by atoms with Gasteiger partial charge in [0.05, 0.1) is 23.0 Å². The second kappa shape index (κ2) is 9.99. The summed E-state index contributed by atoms with van der Waals surface area (Å²) in [5, 5.41) is 15.2. The Morgan fingerprint density at radius 2 is 1.81 bits per heavy atom. The zero-order chi connectivity index (χ0) is 22.5. The van der Waals surface area contributed by atoms with Gasteiger partial charge in [-0.25, -0.2) is 0 Å². The van der Waals surface area contributed by atoms with Crippen molar-refractivity contribution in [3.05, 3.63) is 71.5 Å². The Hall–Kier alpha value is -3.13. The van der Waals surface area contributed by atoms with Gasteiger partial charge in [-0.2, -0.15) is 0 Å². The molecule has 32 heavy (non-hydrogen) atoms. The molecule has 1 atom stereocenters. The van der Waals surface area contributed by atoms with Gasteiger partial charge in [0.2, 0.25) is 5.91 Å². The lowest BCUT2D eigenvalue weighted by molar-refractivity contribution is -0.113. The lowest BCUT2D eigenvalue weighted by atomic mass is 10.1. The van der Waals surface area contributed by atoms with Gasteiger partial charge >= 0.3 is 0 Å². The van der Waals surface area contributed by atoms with E-state index in [0.29, 0.717) is 17.2 Å². The maximum absolute atomic E-state index is 12.9. The number of amides is 2. The van der Waals surface area contributed by atoms with Crippen molar-refractivity contribution in [3.8, 4) is 0 Å². The van der Waals surface area contributed by atoms with Crippen LogP contribution in [0.3, 0.4) is 0 Å². The van der Waals surface area contributed by atoms with E-state index in [1.54, 1.807) is 24.3 Å². The molecular formula is C24H27N5O2S. The van der Waals surface area contributed by atoms with Crippen molar-refractivity contribution >= 4 is 29.3 Å². The van der Waals surface area contributed by atoms with Crippen molar-refractivity contribution in [2.75, 3.05) is 11.1 Å². The van der Waals surface area contributed by atoms with E-state index in [1.807, 2.05) is 37.3 Å². The molecule has 1 unspecified atom stereocenters. The van der Waals surface area contributed by atoms with E-state index in [-0.39, 0.29) is 23.6 Å². The predicted octanol–water partition coefficient (Wildman–Crippen LogP) is 4.40. The van der Waals surface area contributed by atoms with Crippen molar-refractivity contribution in [2.24, 2.45) is 0 Å². The smallest absolute Gasteiger partial charge is 0.253 e. The number of hydrogen-bond donors (Lipinski definition) is 2. The van der Waals surface area contributed by atoms with Crippen LogP contribution in [0.4, 0.5) is 5.69 Å². The highest BCUT2D eigenvalue weighted by atomic mass is 32.2. The Balaban J connectivity index is 1.38. The van der Waals surface area contributed by atoms with Crippen molar-refractivity contribution in [3.63, 3.8) is 0 Å². The Bertz CT molecular complexity index is 1090. The summed E-state index contributed by atoms with van der Waals surface area (Å²) >= 11 is 1.36. The number of rotatable bonds is 9. The molecule has 0 spiro atoms. The Morgan fingerprint density at radius 1 is 1.09 bits per heavy atom. The molecule has 1 heterocycles. The topological polar surface area (TPSA) is 88.9 Å². The molecule has 7 nitrogen and oxygen atoms in total. The second-order valence-corrected chi connectivity index (χ2v) is 8.79. The molecule has 3 aromatic rings. The number of thioether (sulfide) groups is 1. The average Bonchev–Trinajstić information content (AvgIpc) is 3.57. The Labute approximate surface area is 192 Å². The van der Waals surface area contributed by atoms with E-state index in [2.05, 4.69) is 32.3 Å². The van der Waals surface area contributed by atoms with Gasteiger partial charge in [-0.05, 0) is 44.4 Å². The molecule has 0 aliphatic heterocycles. The second-order valence-electron chi connectivity index (χ2n) is 7.85. The fourth-order valence-corrected chi connectivity index (χ4v) is 4.36. The number of benzene rings is 2. The normalized spacial score (nSPS) is 14.1. The van der Waals surface area contributed by atoms with Crippen LogP contribution >= 0.6 is 11.8 Å². The summed E-state index contributed by atoms with van der Waals surface area (Å²) in [6.45, 7) is 4.78. The van der Waals surface area contributed by atoms with Gasteiger partial charge in [0.25, 0.3) is 5.91 Å². The number of carbonyl (C=O) groups is 2. The van der Waals surface area contributed by atoms with Crippen LogP contribution in [0.25, 0.3) is 0 Å². The molecule has 1 aromatic heterocycles. The van der Waals surface area contributed by atoms with E-state index >= 15 is 0 Å². The molecule has 2 aromatic carbocycles. The lowest BCUT2D eigenvalue weighted by Crippen LogP contribution is -2.28. The van der Waals surface area contributed by atoms with Gasteiger partial charge in [-0.1, -0.05) is 54.2 Å². The van der Waals surface area contributed by atoms with Crippen molar-refractivity contribution < 1.29 is 9.59 Å². The highest BCUT2D eigenvalue weighted by Crippen LogP contribution is 2.40. The first-order valence-corrected chi connectivity index (χ1v) is 11.9. The van der Waals surface area contributed by atoms with Crippen LogP contribution in [0.2, 0.25) is 0 Å². The van der Waals surface area contributed by atoms with Gasteiger partial charge in [0, 0.05) is 12.5 Å². The highest BCUT2D eigenvalue weighted by molar-refractivity contribution is 7.99.